The van der Waals surface area contributed by atoms with Gasteiger partial charge in [0.25, 0.3) is 0 Å². The van der Waals surface area contributed by atoms with Gasteiger partial charge in [0.05, 0.1) is 17.3 Å². The molecule has 16 heavy (non-hydrogen) atoms. The molecule has 2 saturated heterocycles. The molecule has 0 aliphatic carbocycles. The summed E-state index contributed by atoms with van der Waals surface area (Å²) in [6.07, 6.45) is 2.41. The Labute approximate surface area is 96.2 Å². The van der Waals surface area contributed by atoms with E-state index in [-0.39, 0.29) is 23.3 Å². The lowest BCUT2D eigenvalue weighted by molar-refractivity contribution is -0.141. The van der Waals surface area contributed by atoms with Crippen LogP contribution < -0.4 is 0 Å². The third-order valence-corrected chi connectivity index (χ3v) is 3.54. The highest BCUT2D eigenvalue weighted by Gasteiger charge is 2.55. The number of rotatable bonds is 5. The third kappa shape index (κ3) is 2.55. The van der Waals surface area contributed by atoms with Crippen molar-refractivity contribution in [3.63, 3.8) is 0 Å². The fourth-order valence-electron chi connectivity index (χ4n) is 2.07. The van der Waals surface area contributed by atoms with Gasteiger partial charge in [-0.15, -0.1) is 0 Å². The lowest BCUT2D eigenvalue weighted by Gasteiger charge is -2.05. The summed E-state index contributed by atoms with van der Waals surface area (Å²) in [6, 6.07) is 0. The number of epoxide rings is 2. The van der Waals surface area contributed by atoms with Crippen LogP contribution in [0, 0.1) is 0 Å². The van der Waals surface area contributed by atoms with E-state index >= 15 is 0 Å². The summed E-state index contributed by atoms with van der Waals surface area (Å²) < 4.78 is 16.0. The van der Waals surface area contributed by atoms with Crippen LogP contribution in [-0.2, 0) is 19.0 Å². The predicted octanol–water partition coefficient (Wildman–Crippen LogP) is 1.66. The van der Waals surface area contributed by atoms with Gasteiger partial charge in [-0.1, -0.05) is 0 Å². The Bertz CT molecular complexity index is 299. The minimum Gasteiger partial charge on any atom is -0.463 e. The largest absolute Gasteiger partial charge is 0.463 e. The number of hydrogen-bond donors (Lipinski definition) is 0. The fourth-order valence-corrected chi connectivity index (χ4v) is 2.07. The van der Waals surface area contributed by atoms with E-state index in [4.69, 9.17) is 14.2 Å². The van der Waals surface area contributed by atoms with Gasteiger partial charge in [-0.05, 0) is 33.6 Å². The molecule has 1 unspecified atom stereocenters. The molecule has 0 bridgehead atoms. The SMILES string of the molecule is CC(=O)OC[C@@H]1O[C@@]1(C)CCC1OC1(C)C. The van der Waals surface area contributed by atoms with Crippen LogP contribution >= 0.6 is 0 Å². The molecule has 4 nitrogen and oxygen atoms in total. The van der Waals surface area contributed by atoms with Gasteiger partial charge in [0.1, 0.15) is 12.7 Å². The molecule has 2 fully saturated rings. The van der Waals surface area contributed by atoms with Crippen LogP contribution in [0.2, 0.25) is 0 Å². The van der Waals surface area contributed by atoms with Crippen molar-refractivity contribution in [1.82, 2.24) is 0 Å². The van der Waals surface area contributed by atoms with E-state index in [2.05, 4.69) is 20.8 Å². The second kappa shape index (κ2) is 3.70. The molecule has 2 rings (SSSR count). The molecule has 0 aromatic carbocycles. The van der Waals surface area contributed by atoms with E-state index in [0.29, 0.717) is 12.7 Å². The number of hydrogen-bond acceptors (Lipinski definition) is 4. The molecule has 0 radical (unpaired) electrons. The molecule has 2 aliphatic rings. The molecule has 0 saturated carbocycles. The Morgan fingerprint density at radius 2 is 1.88 bits per heavy atom. The van der Waals surface area contributed by atoms with Gasteiger partial charge in [0.2, 0.25) is 0 Å². The van der Waals surface area contributed by atoms with Gasteiger partial charge in [0, 0.05) is 6.92 Å². The van der Waals surface area contributed by atoms with Crippen molar-refractivity contribution in [3.8, 4) is 0 Å². The molecular weight excluding hydrogens is 208 g/mol. The Kier molecular flexibility index (Phi) is 2.75. The van der Waals surface area contributed by atoms with Crippen molar-refractivity contribution < 1.29 is 19.0 Å². The molecule has 0 aromatic heterocycles. The summed E-state index contributed by atoms with van der Waals surface area (Å²) in [7, 11) is 0. The van der Waals surface area contributed by atoms with Gasteiger partial charge in [0.15, 0.2) is 0 Å². The lowest BCUT2D eigenvalue weighted by Crippen LogP contribution is -2.17. The van der Waals surface area contributed by atoms with E-state index in [0.717, 1.165) is 12.8 Å². The van der Waals surface area contributed by atoms with Crippen molar-refractivity contribution in [2.45, 2.75) is 63.9 Å². The quantitative estimate of drug-likeness (QED) is 0.530. The summed E-state index contributed by atoms with van der Waals surface area (Å²) in [5.74, 6) is -0.246. The molecule has 0 aromatic rings. The van der Waals surface area contributed by atoms with Gasteiger partial charge in [-0.25, -0.2) is 0 Å². The van der Waals surface area contributed by atoms with E-state index in [1.807, 2.05) is 0 Å². The zero-order valence-electron chi connectivity index (χ0n) is 10.4. The molecule has 4 heteroatoms. The van der Waals surface area contributed by atoms with Gasteiger partial charge >= 0.3 is 5.97 Å². The first kappa shape index (κ1) is 11.9. The molecular formula is C12H20O4. The lowest BCUT2D eigenvalue weighted by atomic mass is 9.97. The van der Waals surface area contributed by atoms with Crippen molar-refractivity contribution in [2.24, 2.45) is 0 Å². The first-order valence-corrected chi connectivity index (χ1v) is 5.82. The highest BCUT2D eigenvalue weighted by molar-refractivity contribution is 5.65. The van der Waals surface area contributed by atoms with Crippen LogP contribution in [0.3, 0.4) is 0 Å². The highest BCUT2D eigenvalue weighted by atomic mass is 16.6. The van der Waals surface area contributed by atoms with Crippen LogP contribution in [0.5, 0.6) is 0 Å². The maximum atomic E-state index is 10.7. The van der Waals surface area contributed by atoms with Crippen molar-refractivity contribution >= 4 is 5.97 Å². The summed E-state index contributed by atoms with van der Waals surface area (Å²) in [5.41, 5.74) is -0.0614. The Balaban J connectivity index is 1.65. The van der Waals surface area contributed by atoms with E-state index in [9.17, 15) is 4.79 Å². The molecule has 0 spiro atoms. The summed E-state index contributed by atoms with van der Waals surface area (Å²) >= 11 is 0. The summed E-state index contributed by atoms with van der Waals surface area (Å²) in [6.45, 7) is 8.06. The average molecular weight is 228 g/mol. The van der Waals surface area contributed by atoms with E-state index in [1.165, 1.54) is 6.92 Å². The average Bonchev–Trinajstić information content (AvgIpc) is 2.98. The highest BCUT2D eigenvalue weighted by Crippen LogP contribution is 2.45. The number of esters is 1. The van der Waals surface area contributed by atoms with Crippen LogP contribution in [0.1, 0.15) is 40.5 Å². The van der Waals surface area contributed by atoms with Gasteiger partial charge in [-0.3, -0.25) is 4.79 Å². The normalized spacial score (nSPS) is 39.2. The zero-order chi connectivity index (χ0) is 12.0. The van der Waals surface area contributed by atoms with Crippen LogP contribution in [-0.4, -0.2) is 36.0 Å². The second-order valence-corrected chi connectivity index (χ2v) is 5.47. The molecule has 2 heterocycles. The van der Waals surface area contributed by atoms with E-state index < -0.39 is 0 Å². The third-order valence-electron chi connectivity index (χ3n) is 3.54. The molecule has 0 amide bonds. The predicted molar refractivity (Wildman–Crippen MR) is 58.1 cm³/mol. The fraction of sp³-hybridized carbons (Fsp3) is 0.917. The second-order valence-electron chi connectivity index (χ2n) is 5.47. The Morgan fingerprint density at radius 3 is 2.38 bits per heavy atom. The minimum absolute atomic E-state index is 0.0522. The van der Waals surface area contributed by atoms with Crippen molar-refractivity contribution in [1.29, 1.82) is 0 Å². The van der Waals surface area contributed by atoms with Crippen LogP contribution in [0.25, 0.3) is 0 Å². The molecule has 2 aliphatic heterocycles. The van der Waals surface area contributed by atoms with Crippen molar-refractivity contribution in [2.75, 3.05) is 6.61 Å². The number of carbonyl (C=O) groups excluding carboxylic acids is 1. The number of ether oxygens (including phenoxy) is 3. The standard InChI is InChI=1S/C12H20O4/c1-8(13)14-7-10-12(4,16-10)6-5-9-11(2,3)15-9/h9-10H,5-7H2,1-4H3/t9?,10-,12-/m0/s1. The number of carbonyl (C=O) groups is 1. The maximum absolute atomic E-state index is 10.7. The smallest absolute Gasteiger partial charge is 0.302 e. The van der Waals surface area contributed by atoms with Gasteiger partial charge in [-0.2, -0.15) is 0 Å². The Morgan fingerprint density at radius 1 is 1.25 bits per heavy atom. The molecule has 3 atom stereocenters. The monoisotopic (exact) mass is 228 g/mol. The summed E-state index contributed by atoms with van der Waals surface area (Å²) in [4.78, 5) is 10.7. The van der Waals surface area contributed by atoms with Crippen LogP contribution in [0.4, 0.5) is 0 Å². The van der Waals surface area contributed by atoms with Gasteiger partial charge < -0.3 is 14.2 Å². The zero-order valence-corrected chi connectivity index (χ0v) is 10.4. The first-order valence-electron chi connectivity index (χ1n) is 5.82. The summed E-state index contributed by atoms with van der Waals surface area (Å²) in [5, 5.41) is 0. The first-order chi connectivity index (χ1) is 7.33. The molecule has 0 N–H and O–H groups in total. The van der Waals surface area contributed by atoms with Crippen molar-refractivity contribution in [3.05, 3.63) is 0 Å². The Hall–Kier alpha value is -0.610. The maximum Gasteiger partial charge on any atom is 0.302 e. The minimum atomic E-state index is -0.246. The molecule has 92 valence electrons. The van der Waals surface area contributed by atoms with E-state index in [1.54, 1.807) is 0 Å². The topological polar surface area (TPSA) is 51.4 Å². The van der Waals surface area contributed by atoms with Crippen LogP contribution in [0.15, 0.2) is 0 Å².